The van der Waals surface area contributed by atoms with Crippen LogP contribution in [0.25, 0.3) is 21.5 Å². The molecule has 4 heteroatoms. The molecule has 0 fully saturated rings. The number of aromatic nitrogens is 1. The van der Waals surface area contributed by atoms with Gasteiger partial charge in [0, 0.05) is 28.7 Å². The Hall–Kier alpha value is -2.75. The molecule has 0 radical (unpaired) electrons. The summed E-state index contributed by atoms with van der Waals surface area (Å²) in [5, 5.41) is 5.71. The molecule has 3 aromatic rings. The van der Waals surface area contributed by atoms with Crippen LogP contribution in [0.15, 0.2) is 42.7 Å². The SMILES string of the molecule is O=C1NC(=O)c2c3cnccc3cc3cccc1c23. The number of nitrogens with one attached hydrogen (secondary N) is 1. The van der Waals surface area contributed by atoms with Crippen LogP contribution in [0.2, 0.25) is 0 Å². The fourth-order valence-electron chi connectivity index (χ4n) is 2.67. The second-order valence-corrected chi connectivity index (χ2v) is 4.54. The third-order valence-corrected chi connectivity index (χ3v) is 3.48. The number of imide groups is 1. The van der Waals surface area contributed by atoms with Gasteiger partial charge in [-0.05, 0) is 29.0 Å². The molecular formula is C15H8N2O2. The zero-order valence-corrected chi connectivity index (χ0v) is 9.81. The summed E-state index contributed by atoms with van der Waals surface area (Å²) in [6.45, 7) is 0. The normalized spacial score (nSPS) is 13.9. The van der Waals surface area contributed by atoms with Gasteiger partial charge in [-0.15, -0.1) is 0 Å². The molecule has 2 amide bonds. The Bertz CT molecular complexity index is 884. The molecule has 2 aromatic carbocycles. The second kappa shape index (κ2) is 3.38. The molecule has 19 heavy (non-hydrogen) atoms. The first kappa shape index (κ1) is 10.2. The summed E-state index contributed by atoms with van der Waals surface area (Å²) in [7, 11) is 0. The molecule has 0 bridgehead atoms. The summed E-state index contributed by atoms with van der Waals surface area (Å²) >= 11 is 0. The average Bonchev–Trinajstić information content (AvgIpc) is 2.42. The first-order valence-electron chi connectivity index (χ1n) is 5.91. The number of rotatable bonds is 0. The Labute approximate surface area is 108 Å². The van der Waals surface area contributed by atoms with Crippen molar-refractivity contribution in [3.8, 4) is 0 Å². The summed E-state index contributed by atoms with van der Waals surface area (Å²) in [6, 6.07) is 9.31. The van der Waals surface area contributed by atoms with Crippen molar-refractivity contribution >= 4 is 33.4 Å². The van der Waals surface area contributed by atoms with E-state index in [-0.39, 0.29) is 11.8 Å². The van der Waals surface area contributed by atoms with Gasteiger partial charge in [-0.25, -0.2) is 0 Å². The number of pyridine rings is 1. The lowest BCUT2D eigenvalue weighted by atomic mass is 9.91. The number of nitrogens with zero attached hydrogens (tertiary/aromatic N) is 1. The number of hydrogen-bond acceptors (Lipinski definition) is 3. The zero-order chi connectivity index (χ0) is 13.0. The molecule has 1 aromatic heterocycles. The topological polar surface area (TPSA) is 59.1 Å². The maximum atomic E-state index is 12.1. The summed E-state index contributed by atoms with van der Waals surface area (Å²) in [5.41, 5.74) is 1.08. The van der Waals surface area contributed by atoms with E-state index < -0.39 is 0 Å². The van der Waals surface area contributed by atoms with Crippen molar-refractivity contribution < 1.29 is 9.59 Å². The Morgan fingerprint density at radius 1 is 1.00 bits per heavy atom. The lowest BCUT2D eigenvalue weighted by molar-refractivity contribution is 0.0846. The van der Waals surface area contributed by atoms with Gasteiger partial charge in [-0.2, -0.15) is 0 Å². The Morgan fingerprint density at radius 3 is 2.79 bits per heavy atom. The van der Waals surface area contributed by atoms with Crippen molar-refractivity contribution in [2.24, 2.45) is 0 Å². The lowest BCUT2D eigenvalue weighted by Crippen LogP contribution is -2.34. The first-order chi connectivity index (χ1) is 9.25. The molecule has 2 heterocycles. The predicted molar refractivity (Wildman–Crippen MR) is 71.0 cm³/mol. The van der Waals surface area contributed by atoms with Crippen LogP contribution in [-0.4, -0.2) is 16.8 Å². The zero-order valence-electron chi connectivity index (χ0n) is 9.81. The maximum absolute atomic E-state index is 12.1. The van der Waals surface area contributed by atoms with E-state index in [0.717, 1.165) is 21.5 Å². The molecule has 4 rings (SSSR count). The van der Waals surface area contributed by atoms with E-state index in [1.807, 2.05) is 24.3 Å². The van der Waals surface area contributed by atoms with Crippen LogP contribution in [0, 0.1) is 0 Å². The molecule has 90 valence electrons. The molecule has 0 aliphatic carbocycles. The van der Waals surface area contributed by atoms with Crippen LogP contribution < -0.4 is 5.32 Å². The highest BCUT2D eigenvalue weighted by Crippen LogP contribution is 2.32. The van der Waals surface area contributed by atoms with Crippen LogP contribution in [0.5, 0.6) is 0 Å². The van der Waals surface area contributed by atoms with Gasteiger partial charge in [0.2, 0.25) is 0 Å². The highest BCUT2D eigenvalue weighted by molar-refractivity contribution is 6.30. The molecule has 1 N–H and O–H groups in total. The molecule has 4 nitrogen and oxygen atoms in total. The van der Waals surface area contributed by atoms with E-state index in [9.17, 15) is 9.59 Å². The van der Waals surface area contributed by atoms with Crippen molar-refractivity contribution in [3.63, 3.8) is 0 Å². The molecule has 1 aliphatic rings. The standard InChI is InChI=1S/C15H8N2O2/c18-14-10-3-1-2-9-6-8-4-5-16-7-11(8)13(12(9)10)15(19)17-14/h1-7H,(H,17,18,19). The van der Waals surface area contributed by atoms with Crippen molar-refractivity contribution in [2.75, 3.05) is 0 Å². The van der Waals surface area contributed by atoms with Gasteiger partial charge in [0.25, 0.3) is 11.8 Å². The number of carbonyl (C=O) groups is 2. The third-order valence-electron chi connectivity index (χ3n) is 3.48. The molecule has 0 atom stereocenters. The van der Waals surface area contributed by atoms with Gasteiger partial charge in [-0.1, -0.05) is 12.1 Å². The van der Waals surface area contributed by atoms with Crippen molar-refractivity contribution in [1.82, 2.24) is 10.3 Å². The minimum atomic E-state index is -0.354. The fraction of sp³-hybridized carbons (Fsp3) is 0. The van der Waals surface area contributed by atoms with Crippen molar-refractivity contribution in [2.45, 2.75) is 0 Å². The van der Waals surface area contributed by atoms with Crippen molar-refractivity contribution in [3.05, 3.63) is 53.9 Å². The molecule has 0 unspecified atom stereocenters. The summed E-state index contributed by atoms with van der Waals surface area (Å²) in [4.78, 5) is 28.1. The highest BCUT2D eigenvalue weighted by Gasteiger charge is 2.26. The van der Waals surface area contributed by atoms with Crippen LogP contribution >= 0.6 is 0 Å². The number of amides is 2. The Morgan fingerprint density at radius 2 is 1.89 bits per heavy atom. The maximum Gasteiger partial charge on any atom is 0.259 e. The van der Waals surface area contributed by atoms with E-state index in [1.165, 1.54) is 0 Å². The number of hydrogen-bond donors (Lipinski definition) is 1. The van der Waals surface area contributed by atoms with Gasteiger partial charge in [-0.3, -0.25) is 19.9 Å². The second-order valence-electron chi connectivity index (χ2n) is 4.54. The average molecular weight is 248 g/mol. The number of fused-ring (bicyclic) bond motifs is 2. The van der Waals surface area contributed by atoms with Crippen LogP contribution in [0.1, 0.15) is 20.7 Å². The van der Waals surface area contributed by atoms with Gasteiger partial charge >= 0.3 is 0 Å². The van der Waals surface area contributed by atoms with Crippen LogP contribution in [0.3, 0.4) is 0 Å². The van der Waals surface area contributed by atoms with E-state index in [4.69, 9.17) is 0 Å². The number of benzene rings is 2. The first-order valence-corrected chi connectivity index (χ1v) is 5.91. The smallest absolute Gasteiger partial charge is 0.259 e. The summed E-state index contributed by atoms with van der Waals surface area (Å²) < 4.78 is 0. The molecule has 0 spiro atoms. The summed E-state index contributed by atoms with van der Waals surface area (Å²) in [6.07, 6.45) is 3.35. The Balaban J connectivity index is 2.35. The fourth-order valence-corrected chi connectivity index (χ4v) is 2.67. The van der Waals surface area contributed by atoms with Gasteiger partial charge in [0.1, 0.15) is 0 Å². The summed E-state index contributed by atoms with van der Waals surface area (Å²) in [5.74, 6) is -0.696. The lowest BCUT2D eigenvalue weighted by Gasteiger charge is -2.18. The number of carbonyl (C=O) groups excluding carboxylic acids is 2. The van der Waals surface area contributed by atoms with Crippen LogP contribution in [-0.2, 0) is 0 Å². The quantitative estimate of drug-likeness (QED) is 0.490. The minimum absolute atomic E-state index is 0.341. The molecule has 0 saturated heterocycles. The predicted octanol–water partition coefficient (Wildman–Crippen LogP) is 2.27. The monoisotopic (exact) mass is 248 g/mol. The van der Waals surface area contributed by atoms with Gasteiger partial charge in [0.15, 0.2) is 0 Å². The van der Waals surface area contributed by atoms with Gasteiger partial charge in [0.05, 0.1) is 5.56 Å². The van der Waals surface area contributed by atoms with E-state index >= 15 is 0 Å². The molecule has 0 saturated carbocycles. The van der Waals surface area contributed by atoms with Gasteiger partial charge < -0.3 is 0 Å². The largest absolute Gasteiger partial charge is 0.288 e. The Kier molecular flexibility index (Phi) is 1.82. The third kappa shape index (κ3) is 1.25. The van der Waals surface area contributed by atoms with Crippen LogP contribution in [0.4, 0.5) is 0 Å². The highest BCUT2D eigenvalue weighted by atomic mass is 16.2. The van der Waals surface area contributed by atoms with E-state index in [0.29, 0.717) is 11.1 Å². The van der Waals surface area contributed by atoms with Crippen molar-refractivity contribution in [1.29, 1.82) is 0 Å². The molecular weight excluding hydrogens is 240 g/mol. The molecule has 1 aliphatic heterocycles. The van der Waals surface area contributed by atoms with E-state index in [2.05, 4.69) is 10.3 Å². The minimum Gasteiger partial charge on any atom is -0.288 e. The van der Waals surface area contributed by atoms with E-state index in [1.54, 1.807) is 18.5 Å².